The molecule has 0 aliphatic rings. The van der Waals surface area contributed by atoms with Gasteiger partial charge in [0.1, 0.15) is 0 Å². The second-order valence-corrected chi connectivity index (χ2v) is 4.00. The number of hydrogen-bond donors (Lipinski definition) is 2. The number of amides is 1. The Balaban J connectivity index is 2.70. The maximum Gasteiger partial charge on any atom is 0.417 e. The van der Waals surface area contributed by atoms with Crippen LogP contribution in [0.2, 0.25) is 0 Å². The topological polar surface area (TPSA) is 64.9 Å². The highest BCUT2D eigenvalue weighted by molar-refractivity contribution is 5.76. The van der Waals surface area contributed by atoms with E-state index in [-0.39, 0.29) is 18.9 Å². The first-order chi connectivity index (χ1) is 9.38. The standard InChI is InChI=1S/C13H14F3N3O/c1-2-18-12(20)5-6-19-10-3-4-11(13(14,15)16)9(7-10)8-17/h3-4,7,19H,2,5-6H2,1H3,(H,18,20). The zero-order valence-corrected chi connectivity index (χ0v) is 10.8. The summed E-state index contributed by atoms with van der Waals surface area (Å²) in [5, 5.41) is 14.2. The normalized spacial score (nSPS) is 10.8. The number of benzene rings is 1. The van der Waals surface area contributed by atoms with Gasteiger partial charge in [-0.25, -0.2) is 0 Å². The Bertz CT molecular complexity index is 521. The predicted molar refractivity (Wildman–Crippen MR) is 67.9 cm³/mol. The third-order valence-corrected chi connectivity index (χ3v) is 2.50. The molecule has 0 saturated carbocycles. The van der Waals surface area contributed by atoms with Crippen molar-refractivity contribution >= 4 is 11.6 Å². The quantitative estimate of drug-likeness (QED) is 0.873. The second-order valence-electron chi connectivity index (χ2n) is 4.00. The van der Waals surface area contributed by atoms with Crippen molar-refractivity contribution < 1.29 is 18.0 Å². The van der Waals surface area contributed by atoms with Gasteiger partial charge in [-0.1, -0.05) is 0 Å². The first-order valence-electron chi connectivity index (χ1n) is 6.00. The Morgan fingerprint density at radius 3 is 2.65 bits per heavy atom. The summed E-state index contributed by atoms with van der Waals surface area (Å²) in [6.07, 6.45) is -4.35. The fourth-order valence-electron chi connectivity index (χ4n) is 1.60. The minimum absolute atomic E-state index is 0.146. The largest absolute Gasteiger partial charge is 0.417 e. The van der Waals surface area contributed by atoms with Crippen molar-refractivity contribution in [3.05, 3.63) is 29.3 Å². The summed E-state index contributed by atoms with van der Waals surface area (Å²) in [7, 11) is 0. The number of nitrogens with one attached hydrogen (secondary N) is 2. The fraction of sp³-hybridized carbons (Fsp3) is 0.385. The van der Waals surface area contributed by atoms with E-state index in [4.69, 9.17) is 5.26 Å². The first-order valence-corrected chi connectivity index (χ1v) is 6.00. The highest BCUT2D eigenvalue weighted by Crippen LogP contribution is 2.32. The summed E-state index contributed by atoms with van der Waals surface area (Å²) in [4.78, 5) is 11.2. The van der Waals surface area contributed by atoms with Gasteiger partial charge >= 0.3 is 6.18 Å². The van der Waals surface area contributed by atoms with E-state index in [1.807, 2.05) is 0 Å². The summed E-state index contributed by atoms with van der Waals surface area (Å²) < 4.78 is 37.8. The molecule has 0 radical (unpaired) electrons. The van der Waals surface area contributed by atoms with Gasteiger partial charge in [0, 0.05) is 25.2 Å². The maximum atomic E-state index is 12.6. The maximum absolute atomic E-state index is 12.6. The van der Waals surface area contributed by atoms with Gasteiger partial charge in [0.05, 0.1) is 17.2 Å². The minimum atomic E-state index is -4.55. The second kappa shape index (κ2) is 6.80. The van der Waals surface area contributed by atoms with Gasteiger partial charge in [-0.05, 0) is 25.1 Å². The molecule has 0 atom stereocenters. The molecule has 0 bridgehead atoms. The number of anilines is 1. The molecule has 1 amide bonds. The summed E-state index contributed by atoms with van der Waals surface area (Å²) in [5.41, 5.74) is -1.03. The Morgan fingerprint density at radius 1 is 1.40 bits per heavy atom. The predicted octanol–water partition coefficient (Wildman–Crippen LogP) is 2.52. The molecule has 1 rings (SSSR count). The summed E-state index contributed by atoms with van der Waals surface area (Å²) in [5.74, 6) is -0.146. The molecular formula is C13H14F3N3O. The lowest BCUT2D eigenvalue weighted by Gasteiger charge is -2.11. The monoisotopic (exact) mass is 285 g/mol. The zero-order chi connectivity index (χ0) is 15.2. The number of nitriles is 1. The smallest absolute Gasteiger partial charge is 0.384 e. The van der Waals surface area contributed by atoms with Crippen molar-refractivity contribution in [2.24, 2.45) is 0 Å². The van der Waals surface area contributed by atoms with Crippen LogP contribution in [0, 0.1) is 11.3 Å². The van der Waals surface area contributed by atoms with Gasteiger partial charge in [0.2, 0.25) is 5.91 Å². The van der Waals surface area contributed by atoms with E-state index in [0.29, 0.717) is 12.2 Å². The minimum Gasteiger partial charge on any atom is -0.384 e. The molecule has 20 heavy (non-hydrogen) atoms. The summed E-state index contributed by atoms with van der Waals surface area (Å²) in [6, 6.07) is 4.74. The lowest BCUT2D eigenvalue weighted by Crippen LogP contribution is -2.24. The van der Waals surface area contributed by atoms with Crippen LogP contribution in [0.5, 0.6) is 0 Å². The van der Waals surface area contributed by atoms with Gasteiger partial charge in [0.25, 0.3) is 0 Å². The number of carbonyl (C=O) groups is 1. The van der Waals surface area contributed by atoms with Crippen molar-refractivity contribution in [1.82, 2.24) is 5.32 Å². The van der Waals surface area contributed by atoms with Crippen LogP contribution < -0.4 is 10.6 Å². The molecule has 4 nitrogen and oxygen atoms in total. The van der Waals surface area contributed by atoms with E-state index < -0.39 is 17.3 Å². The van der Waals surface area contributed by atoms with Gasteiger partial charge in [0.15, 0.2) is 0 Å². The van der Waals surface area contributed by atoms with Crippen LogP contribution in [-0.2, 0) is 11.0 Å². The third-order valence-electron chi connectivity index (χ3n) is 2.50. The molecule has 0 spiro atoms. The van der Waals surface area contributed by atoms with Crippen molar-refractivity contribution in [1.29, 1.82) is 5.26 Å². The van der Waals surface area contributed by atoms with Crippen LogP contribution in [-0.4, -0.2) is 19.0 Å². The summed E-state index contributed by atoms with van der Waals surface area (Å²) in [6.45, 7) is 2.60. The van der Waals surface area contributed by atoms with Crippen LogP contribution in [0.3, 0.4) is 0 Å². The molecule has 108 valence electrons. The van der Waals surface area contributed by atoms with Gasteiger partial charge in [-0.2, -0.15) is 18.4 Å². The molecule has 7 heteroatoms. The van der Waals surface area contributed by atoms with Crippen LogP contribution in [0.15, 0.2) is 18.2 Å². The number of carbonyl (C=O) groups excluding carboxylic acids is 1. The SMILES string of the molecule is CCNC(=O)CCNc1ccc(C(F)(F)F)c(C#N)c1. The molecule has 0 fully saturated rings. The van der Waals surface area contributed by atoms with Crippen molar-refractivity contribution in [2.45, 2.75) is 19.5 Å². The lowest BCUT2D eigenvalue weighted by molar-refractivity contribution is -0.137. The van der Waals surface area contributed by atoms with E-state index in [9.17, 15) is 18.0 Å². The average molecular weight is 285 g/mol. The van der Waals surface area contributed by atoms with Crippen LogP contribution >= 0.6 is 0 Å². The van der Waals surface area contributed by atoms with E-state index in [2.05, 4.69) is 10.6 Å². The molecule has 0 unspecified atom stereocenters. The van der Waals surface area contributed by atoms with E-state index in [1.165, 1.54) is 12.1 Å². The number of halogens is 3. The highest BCUT2D eigenvalue weighted by atomic mass is 19.4. The van der Waals surface area contributed by atoms with Gasteiger partial charge in [-0.15, -0.1) is 0 Å². The number of alkyl halides is 3. The molecule has 2 N–H and O–H groups in total. The van der Waals surface area contributed by atoms with Gasteiger partial charge < -0.3 is 10.6 Å². The third kappa shape index (κ3) is 4.46. The Morgan fingerprint density at radius 2 is 2.10 bits per heavy atom. The molecule has 1 aromatic carbocycles. The van der Waals surface area contributed by atoms with Crippen molar-refractivity contribution in [3.8, 4) is 6.07 Å². The molecular weight excluding hydrogens is 271 g/mol. The lowest BCUT2D eigenvalue weighted by atomic mass is 10.1. The number of hydrogen-bond acceptors (Lipinski definition) is 3. The molecule has 1 aromatic rings. The van der Waals surface area contributed by atoms with Crippen LogP contribution in [0.4, 0.5) is 18.9 Å². The van der Waals surface area contributed by atoms with Crippen molar-refractivity contribution in [3.63, 3.8) is 0 Å². The first kappa shape index (κ1) is 15.8. The van der Waals surface area contributed by atoms with Crippen LogP contribution in [0.1, 0.15) is 24.5 Å². The summed E-state index contributed by atoms with van der Waals surface area (Å²) >= 11 is 0. The number of nitrogens with zero attached hydrogens (tertiary/aromatic N) is 1. The molecule has 0 heterocycles. The Kier molecular flexibility index (Phi) is 5.38. The Labute approximate surface area is 114 Å². The molecule has 0 aliphatic carbocycles. The van der Waals surface area contributed by atoms with E-state index in [0.717, 1.165) is 12.1 Å². The Hall–Kier alpha value is -2.23. The van der Waals surface area contributed by atoms with E-state index in [1.54, 1.807) is 6.92 Å². The van der Waals surface area contributed by atoms with E-state index >= 15 is 0 Å². The molecule has 0 saturated heterocycles. The molecule has 0 aliphatic heterocycles. The van der Waals surface area contributed by atoms with Gasteiger partial charge in [-0.3, -0.25) is 4.79 Å². The van der Waals surface area contributed by atoms with Crippen LogP contribution in [0.25, 0.3) is 0 Å². The fourth-order valence-corrected chi connectivity index (χ4v) is 1.60. The zero-order valence-electron chi connectivity index (χ0n) is 10.8. The molecule has 0 aromatic heterocycles. The average Bonchev–Trinajstić information content (AvgIpc) is 2.37. The highest BCUT2D eigenvalue weighted by Gasteiger charge is 2.33. The van der Waals surface area contributed by atoms with Crippen molar-refractivity contribution in [2.75, 3.05) is 18.4 Å². The number of rotatable bonds is 5.